The Morgan fingerprint density at radius 2 is 2.00 bits per heavy atom. The van der Waals surface area contributed by atoms with Crippen LogP contribution in [0.25, 0.3) is 0 Å². The molecule has 2 unspecified atom stereocenters. The normalized spacial score (nSPS) is 15.4. The lowest BCUT2D eigenvalue weighted by molar-refractivity contribution is -0.121. The molecule has 1 amide bonds. The minimum Gasteiger partial charge on any atom is -0.393 e. The summed E-state index contributed by atoms with van der Waals surface area (Å²) in [6, 6.07) is -0.0916. The highest BCUT2D eigenvalue weighted by molar-refractivity contribution is 5.76. The van der Waals surface area contributed by atoms with Gasteiger partial charge in [-0.3, -0.25) is 4.79 Å². The zero-order chi connectivity index (χ0) is 13.5. The van der Waals surface area contributed by atoms with Crippen molar-refractivity contribution in [3.63, 3.8) is 0 Å². The van der Waals surface area contributed by atoms with E-state index in [9.17, 15) is 9.90 Å². The van der Waals surface area contributed by atoms with Crippen molar-refractivity contribution in [3.05, 3.63) is 0 Å². The fourth-order valence-electron chi connectivity index (χ4n) is 1.75. The Hall–Kier alpha value is -0.610. The van der Waals surface area contributed by atoms with Gasteiger partial charge in [-0.25, -0.2) is 0 Å². The summed E-state index contributed by atoms with van der Waals surface area (Å²) in [5.41, 5.74) is 6.06. The molecule has 2 atom stereocenters. The van der Waals surface area contributed by atoms with Gasteiger partial charge in [0.2, 0.25) is 5.91 Å². The number of nitrogens with two attached hydrogens (primary N) is 1. The zero-order valence-electron chi connectivity index (χ0n) is 11.6. The Morgan fingerprint density at radius 1 is 1.41 bits per heavy atom. The van der Waals surface area contributed by atoms with Crippen molar-refractivity contribution in [2.24, 2.45) is 11.1 Å². The fraction of sp³-hybridized carbons (Fsp3) is 0.923. The first kappa shape index (κ1) is 16.4. The van der Waals surface area contributed by atoms with Crippen LogP contribution in [0.5, 0.6) is 0 Å². The second kappa shape index (κ2) is 7.67. The molecule has 4 N–H and O–H groups in total. The lowest BCUT2D eigenvalue weighted by Gasteiger charge is -2.22. The molecule has 4 nitrogen and oxygen atoms in total. The number of carbonyl (C=O) groups is 1. The van der Waals surface area contributed by atoms with Gasteiger partial charge < -0.3 is 16.2 Å². The average molecular weight is 244 g/mol. The second-order valence-electron chi connectivity index (χ2n) is 5.93. The van der Waals surface area contributed by atoms with Gasteiger partial charge in [-0.2, -0.15) is 0 Å². The lowest BCUT2D eigenvalue weighted by atomic mass is 9.87. The van der Waals surface area contributed by atoms with Gasteiger partial charge in [-0.05, 0) is 24.7 Å². The minimum atomic E-state index is -0.321. The quantitative estimate of drug-likeness (QED) is 0.634. The topological polar surface area (TPSA) is 75.3 Å². The van der Waals surface area contributed by atoms with E-state index in [2.05, 4.69) is 26.1 Å². The van der Waals surface area contributed by atoms with Crippen molar-refractivity contribution >= 4 is 5.91 Å². The minimum absolute atomic E-state index is 0.0231. The van der Waals surface area contributed by atoms with Gasteiger partial charge in [-0.1, -0.05) is 27.7 Å². The van der Waals surface area contributed by atoms with Gasteiger partial charge in [0.05, 0.1) is 6.10 Å². The molecule has 0 aromatic rings. The summed E-state index contributed by atoms with van der Waals surface area (Å²) in [4.78, 5) is 11.5. The van der Waals surface area contributed by atoms with E-state index in [-0.39, 0.29) is 23.5 Å². The molecule has 0 radical (unpaired) electrons. The predicted molar refractivity (Wildman–Crippen MR) is 70.6 cm³/mol. The van der Waals surface area contributed by atoms with Gasteiger partial charge in [0.1, 0.15) is 0 Å². The smallest absolute Gasteiger partial charge is 0.221 e. The monoisotopic (exact) mass is 244 g/mol. The molecule has 0 rings (SSSR count). The van der Waals surface area contributed by atoms with Gasteiger partial charge in [0, 0.05) is 19.0 Å². The van der Waals surface area contributed by atoms with Crippen molar-refractivity contribution in [3.8, 4) is 0 Å². The third kappa shape index (κ3) is 10.3. The number of amides is 1. The summed E-state index contributed by atoms with van der Waals surface area (Å²) < 4.78 is 0. The predicted octanol–water partition coefficient (Wildman–Crippen LogP) is 1.42. The van der Waals surface area contributed by atoms with Crippen LogP contribution in [0.3, 0.4) is 0 Å². The number of carbonyl (C=O) groups excluding carboxylic acids is 1. The van der Waals surface area contributed by atoms with Crippen LogP contribution in [-0.2, 0) is 4.79 Å². The van der Waals surface area contributed by atoms with E-state index < -0.39 is 0 Å². The van der Waals surface area contributed by atoms with Crippen LogP contribution < -0.4 is 11.1 Å². The summed E-state index contributed by atoms with van der Waals surface area (Å²) in [5, 5.41) is 12.1. The molecule has 102 valence electrons. The molecular formula is C13H28N2O2. The summed E-state index contributed by atoms with van der Waals surface area (Å²) in [5.74, 6) is -0.0231. The first-order valence-corrected chi connectivity index (χ1v) is 6.45. The Morgan fingerprint density at radius 3 is 2.47 bits per heavy atom. The molecule has 0 heterocycles. The SMILES string of the molecule is CCC(O)CCNC(=O)CC(N)CC(C)(C)C. The summed E-state index contributed by atoms with van der Waals surface area (Å²) in [7, 11) is 0. The van der Waals surface area contributed by atoms with Crippen LogP contribution in [0.4, 0.5) is 0 Å². The average Bonchev–Trinajstić information content (AvgIpc) is 2.13. The summed E-state index contributed by atoms with van der Waals surface area (Å²) in [6.07, 6.45) is 2.20. The Labute approximate surface area is 105 Å². The van der Waals surface area contributed by atoms with E-state index in [4.69, 9.17) is 5.73 Å². The van der Waals surface area contributed by atoms with E-state index in [1.807, 2.05) is 6.92 Å². The Bertz CT molecular complexity index is 224. The van der Waals surface area contributed by atoms with Gasteiger partial charge in [0.25, 0.3) is 0 Å². The molecule has 0 spiro atoms. The van der Waals surface area contributed by atoms with E-state index in [1.54, 1.807) is 0 Å². The molecule has 0 fully saturated rings. The summed E-state index contributed by atoms with van der Waals surface area (Å²) >= 11 is 0. The maximum atomic E-state index is 11.5. The fourth-order valence-corrected chi connectivity index (χ4v) is 1.75. The molecule has 0 saturated carbocycles. The maximum Gasteiger partial charge on any atom is 0.221 e. The number of aliphatic hydroxyl groups is 1. The number of hydrogen-bond acceptors (Lipinski definition) is 3. The van der Waals surface area contributed by atoms with Crippen molar-refractivity contribution in [1.29, 1.82) is 0 Å². The molecule has 0 aliphatic heterocycles. The zero-order valence-corrected chi connectivity index (χ0v) is 11.6. The molecular weight excluding hydrogens is 216 g/mol. The molecule has 0 aliphatic carbocycles. The third-order valence-corrected chi connectivity index (χ3v) is 2.59. The van der Waals surface area contributed by atoms with Crippen molar-refractivity contribution in [2.75, 3.05) is 6.54 Å². The molecule has 0 saturated heterocycles. The number of hydrogen-bond donors (Lipinski definition) is 3. The molecule has 0 aromatic carbocycles. The first-order valence-electron chi connectivity index (χ1n) is 6.45. The van der Waals surface area contributed by atoms with E-state index in [0.29, 0.717) is 19.4 Å². The van der Waals surface area contributed by atoms with E-state index >= 15 is 0 Å². The Kier molecular flexibility index (Phi) is 7.39. The molecule has 0 aliphatic rings. The second-order valence-corrected chi connectivity index (χ2v) is 5.93. The van der Waals surface area contributed by atoms with Gasteiger partial charge >= 0.3 is 0 Å². The number of nitrogens with one attached hydrogen (secondary N) is 1. The van der Waals surface area contributed by atoms with Gasteiger partial charge in [0.15, 0.2) is 0 Å². The molecule has 0 aromatic heterocycles. The standard InChI is InChI=1S/C13H28N2O2/c1-5-11(16)6-7-15-12(17)8-10(14)9-13(2,3)4/h10-11,16H,5-9,14H2,1-4H3,(H,15,17). The number of rotatable bonds is 7. The van der Waals surface area contributed by atoms with Crippen molar-refractivity contribution in [1.82, 2.24) is 5.32 Å². The van der Waals surface area contributed by atoms with Crippen LogP contribution >= 0.6 is 0 Å². The third-order valence-electron chi connectivity index (χ3n) is 2.59. The highest BCUT2D eigenvalue weighted by Crippen LogP contribution is 2.20. The maximum absolute atomic E-state index is 11.5. The van der Waals surface area contributed by atoms with Crippen LogP contribution in [0.1, 0.15) is 53.4 Å². The van der Waals surface area contributed by atoms with Crippen LogP contribution in [0.2, 0.25) is 0 Å². The molecule has 4 heteroatoms. The van der Waals surface area contributed by atoms with Crippen LogP contribution in [0, 0.1) is 5.41 Å². The highest BCUT2D eigenvalue weighted by Gasteiger charge is 2.17. The van der Waals surface area contributed by atoms with Crippen molar-refractivity contribution in [2.45, 2.75) is 65.5 Å². The summed E-state index contributed by atoms with van der Waals surface area (Å²) in [6.45, 7) is 8.79. The molecule has 0 bridgehead atoms. The highest BCUT2D eigenvalue weighted by atomic mass is 16.3. The van der Waals surface area contributed by atoms with E-state index in [1.165, 1.54) is 0 Å². The number of aliphatic hydroxyl groups excluding tert-OH is 1. The van der Waals surface area contributed by atoms with Gasteiger partial charge in [-0.15, -0.1) is 0 Å². The van der Waals surface area contributed by atoms with Crippen LogP contribution in [-0.4, -0.2) is 29.7 Å². The van der Waals surface area contributed by atoms with E-state index in [0.717, 1.165) is 12.8 Å². The Balaban J connectivity index is 3.72. The van der Waals surface area contributed by atoms with Crippen molar-refractivity contribution < 1.29 is 9.90 Å². The van der Waals surface area contributed by atoms with Crippen LogP contribution in [0.15, 0.2) is 0 Å². The molecule has 17 heavy (non-hydrogen) atoms. The largest absolute Gasteiger partial charge is 0.393 e. The first-order chi connectivity index (χ1) is 7.74. The lowest BCUT2D eigenvalue weighted by Crippen LogP contribution is -2.35.